The molecule has 0 aliphatic rings. The largest absolute Gasteiger partial charge is 0.325 e. The lowest BCUT2D eigenvalue weighted by atomic mass is 10.1. The molecule has 4 heteroatoms. The predicted octanol–water partition coefficient (Wildman–Crippen LogP) is 5.17. The summed E-state index contributed by atoms with van der Waals surface area (Å²) in [5.41, 5.74) is 1.78. The van der Waals surface area contributed by atoms with Gasteiger partial charge < -0.3 is 5.32 Å². The Labute approximate surface area is 153 Å². The molecule has 3 nitrogen and oxygen atoms in total. The minimum absolute atomic E-state index is 0.0222. The van der Waals surface area contributed by atoms with E-state index in [-0.39, 0.29) is 18.0 Å². The van der Waals surface area contributed by atoms with Crippen molar-refractivity contribution in [2.24, 2.45) is 0 Å². The Hall–Kier alpha value is -2.36. The summed E-state index contributed by atoms with van der Waals surface area (Å²) in [6.45, 7) is 3.85. The van der Waals surface area contributed by atoms with E-state index < -0.39 is 0 Å². The molecule has 0 radical (unpaired) electrons. The van der Waals surface area contributed by atoms with Gasteiger partial charge in [0.15, 0.2) is 0 Å². The molecule has 25 heavy (non-hydrogen) atoms. The zero-order valence-electron chi connectivity index (χ0n) is 14.3. The maximum absolute atomic E-state index is 12.5. The van der Waals surface area contributed by atoms with Crippen molar-refractivity contribution in [3.8, 4) is 0 Å². The number of carbonyl (C=O) groups excluding carboxylic acids is 1. The van der Waals surface area contributed by atoms with Crippen molar-refractivity contribution < 1.29 is 4.79 Å². The van der Waals surface area contributed by atoms with Crippen LogP contribution in [0.25, 0.3) is 10.8 Å². The molecule has 2 atom stereocenters. The Morgan fingerprint density at radius 1 is 0.920 bits per heavy atom. The minimum atomic E-state index is -0.349. The van der Waals surface area contributed by atoms with E-state index in [0.717, 1.165) is 22.0 Å². The predicted molar refractivity (Wildman–Crippen MR) is 105 cm³/mol. The number of benzene rings is 3. The molecule has 0 fully saturated rings. The highest BCUT2D eigenvalue weighted by atomic mass is 35.5. The molecule has 2 N–H and O–H groups in total. The van der Waals surface area contributed by atoms with Crippen LogP contribution in [0.4, 0.5) is 5.69 Å². The van der Waals surface area contributed by atoms with Gasteiger partial charge in [-0.2, -0.15) is 0 Å². The van der Waals surface area contributed by atoms with E-state index in [1.165, 1.54) is 0 Å². The van der Waals surface area contributed by atoms with E-state index in [2.05, 4.69) is 16.7 Å². The molecule has 3 rings (SSSR count). The summed E-state index contributed by atoms with van der Waals surface area (Å²) in [5, 5.41) is 9.22. The monoisotopic (exact) mass is 352 g/mol. The van der Waals surface area contributed by atoms with Crippen LogP contribution in [0.5, 0.6) is 0 Å². The average Bonchev–Trinajstić information content (AvgIpc) is 2.61. The van der Waals surface area contributed by atoms with Crippen LogP contribution < -0.4 is 10.6 Å². The molecular weight excluding hydrogens is 332 g/mol. The third-order valence-electron chi connectivity index (χ3n) is 4.28. The fourth-order valence-corrected chi connectivity index (χ4v) is 3.18. The zero-order valence-corrected chi connectivity index (χ0v) is 15.0. The van der Waals surface area contributed by atoms with Crippen molar-refractivity contribution in [1.82, 2.24) is 5.32 Å². The first kappa shape index (κ1) is 17.5. The van der Waals surface area contributed by atoms with E-state index in [4.69, 9.17) is 11.6 Å². The summed E-state index contributed by atoms with van der Waals surface area (Å²) >= 11 is 6.23. The number of hydrogen-bond acceptors (Lipinski definition) is 2. The van der Waals surface area contributed by atoms with Crippen LogP contribution in [0.15, 0.2) is 66.7 Å². The van der Waals surface area contributed by atoms with Gasteiger partial charge in [-0.15, -0.1) is 0 Å². The molecule has 0 saturated heterocycles. The van der Waals surface area contributed by atoms with Crippen molar-refractivity contribution >= 4 is 34.0 Å². The first-order valence-electron chi connectivity index (χ1n) is 8.35. The van der Waals surface area contributed by atoms with E-state index in [1.807, 2.05) is 74.5 Å². The van der Waals surface area contributed by atoms with Gasteiger partial charge in [-0.1, -0.05) is 60.1 Å². The standard InChI is InChI=1S/C21H21ClN2O/c1-14(19-9-5-6-10-20(19)22)23-15(2)21(25)24-18-12-11-16-7-3-4-8-17(16)13-18/h3-15,23H,1-2H3,(H,24,25)/t14-,15+/m1/s1. The third-order valence-corrected chi connectivity index (χ3v) is 4.63. The average molecular weight is 353 g/mol. The third kappa shape index (κ3) is 4.19. The van der Waals surface area contributed by atoms with Gasteiger partial charge in [0.1, 0.15) is 0 Å². The van der Waals surface area contributed by atoms with Crippen LogP contribution in [-0.2, 0) is 4.79 Å². The highest BCUT2D eigenvalue weighted by Gasteiger charge is 2.17. The first-order valence-corrected chi connectivity index (χ1v) is 8.72. The molecule has 1 amide bonds. The molecule has 0 saturated carbocycles. The lowest BCUT2D eigenvalue weighted by Gasteiger charge is -2.21. The molecule has 0 spiro atoms. The van der Waals surface area contributed by atoms with Crippen molar-refractivity contribution in [3.05, 3.63) is 77.3 Å². The summed E-state index contributed by atoms with van der Waals surface area (Å²) in [5.74, 6) is -0.0748. The summed E-state index contributed by atoms with van der Waals surface area (Å²) in [6.07, 6.45) is 0. The van der Waals surface area contributed by atoms with Gasteiger partial charge in [-0.25, -0.2) is 0 Å². The summed E-state index contributed by atoms with van der Waals surface area (Å²) in [4.78, 5) is 12.5. The number of hydrogen-bond donors (Lipinski definition) is 2. The molecule has 128 valence electrons. The van der Waals surface area contributed by atoms with E-state index in [0.29, 0.717) is 5.02 Å². The van der Waals surface area contributed by atoms with Crippen molar-refractivity contribution in [2.45, 2.75) is 25.9 Å². The second-order valence-electron chi connectivity index (χ2n) is 6.18. The first-order chi connectivity index (χ1) is 12.0. The number of nitrogens with one attached hydrogen (secondary N) is 2. The highest BCUT2D eigenvalue weighted by Crippen LogP contribution is 2.23. The van der Waals surface area contributed by atoms with Crippen LogP contribution in [0.3, 0.4) is 0 Å². The van der Waals surface area contributed by atoms with Crippen molar-refractivity contribution in [3.63, 3.8) is 0 Å². The van der Waals surface area contributed by atoms with E-state index in [9.17, 15) is 4.79 Å². The van der Waals surface area contributed by atoms with Crippen LogP contribution in [0, 0.1) is 0 Å². The Balaban J connectivity index is 1.66. The normalized spacial score (nSPS) is 13.4. The molecule has 0 heterocycles. The number of anilines is 1. The van der Waals surface area contributed by atoms with Gasteiger partial charge in [-0.05, 0) is 48.4 Å². The van der Waals surface area contributed by atoms with E-state index in [1.54, 1.807) is 0 Å². The molecule has 0 aromatic heterocycles. The quantitative estimate of drug-likeness (QED) is 0.665. The molecule has 0 aliphatic carbocycles. The fourth-order valence-electron chi connectivity index (χ4n) is 2.88. The molecular formula is C21H21ClN2O. The van der Waals surface area contributed by atoms with E-state index >= 15 is 0 Å². The zero-order chi connectivity index (χ0) is 17.8. The Morgan fingerprint density at radius 2 is 1.60 bits per heavy atom. The summed E-state index contributed by atoms with van der Waals surface area (Å²) in [7, 11) is 0. The second-order valence-corrected chi connectivity index (χ2v) is 6.59. The topological polar surface area (TPSA) is 41.1 Å². The number of amides is 1. The molecule has 3 aromatic carbocycles. The Morgan fingerprint density at radius 3 is 2.36 bits per heavy atom. The van der Waals surface area contributed by atoms with Gasteiger partial charge in [0.25, 0.3) is 0 Å². The SMILES string of the molecule is C[C@H](N[C@H](C)c1ccccc1Cl)C(=O)Nc1ccc2ccccc2c1. The lowest BCUT2D eigenvalue weighted by Crippen LogP contribution is -2.39. The number of rotatable bonds is 5. The maximum Gasteiger partial charge on any atom is 0.241 e. The Bertz CT molecular complexity index is 894. The van der Waals surface area contributed by atoms with Crippen LogP contribution in [-0.4, -0.2) is 11.9 Å². The lowest BCUT2D eigenvalue weighted by molar-refractivity contribution is -0.117. The number of fused-ring (bicyclic) bond motifs is 1. The van der Waals surface area contributed by atoms with Crippen molar-refractivity contribution in [2.75, 3.05) is 5.32 Å². The molecule has 0 bridgehead atoms. The summed E-state index contributed by atoms with van der Waals surface area (Å²) < 4.78 is 0. The fraction of sp³-hybridized carbons (Fsp3) is 0.190. The van der Waals surface area contributed by atoms with Gasteiger partial charge in [0, 0.05) is 16.8 Å². The maximum atomic E-state index is 12.5. The summed E-state index contributed by atoms with van der Waals surface area (Å²) in [6, 6.07) is 21.3. The van der Waals surface area contributed by atoms with Gasteiger partial charge >= 0.3 is 0 Å². The smallest absolute Gasteiger partial charge is 0.241 e. The second kappa shape index (κ2) is 7.68. The Kier molecular flexibility index (Phi) is 5.37. The molecule has 0 aliphatic heterocycles. The molecule has 3 aromatic rings. The minimum Gasteiger partial charge on any atom is -0.325 e. The molecule has 0 unspecified atom stereocenters. The van der Waals surface area contributed by atoms with Crippen LogP contribution >= 0.6 is 11.6 Å². The number of carbonyl (C=O) groups is 1. The highest BCUT2D eigenvalue weighted by molar-refractivity contribution is 6.31. The van der Waals surface area contributed by atoms with Crippen LogP contribution in [0.2, 0.25) is 5.02 Å². The van der Waals surface area contributed by atoms with Gasteiger partial charge in [0.05, 0.1) is 6.04 Å². The van der Waals surface area contributed by atoms with Crippen LogP contribution in [0.1, 0.15) is 25.5 Å². The van der Waals surface area contributed by atoms with Gasteiger partial charge in [0.2, 0.25) is 5.91 Å². The number of halogens is 1. The van der Waals surface area contributed by atoms with Crippen molar-refractivity contribution in [1.29, 1.82) is 0 Å². The van der Waals surface area contributed by atoms with Gasteiger partial charge in [-0.3, -0.25) is 10.1 Å².